The van der Waals surface area contributed by atoms with E-state index in [4.69, 9.17) is 94.3 Å². The molecule has 0 aromatic heterocycles. The largest absolute Gasteiger partial charge is 0.491 e. The first-order valence-corrected chi connectivity index (χ1v) is 34.8. The van der Waals surface area contributed by atoms with Gasteiger partial charge in [-0.25, -0.2) is 4.57 Å². The highest BCUT2D eigenvalue weighted by atomic mass is 31.2. The molecule has 0 atom stereocenters. The molecular weight excluding hydrogens is 1180 g/mol. The van der Waals surface area contributed by atoms with Crippen molar-refractivity contribution in [1.82, 2.24) is 0 Å². The van der Waals surface area contributed by atoms with Crippen molar-refractivity contribution in [2.45, 2.75) is 117 Å². The van der Waals surface area contributed by atoms with Crippen LogP contribution in [-0.2, 0) is 102 Å². The molecule has 2 aromatic rings. The van der Waals surface area contributed by atoms with Crippen LogP contribution in [0.4, 0.5) is 0 Å². The molecule has 520 valence electrons. The molecule has 0 aliphatic carbocycles. The van der Waals surface area contributed by atoms with Gasteiger partial charge in [-0.15, -0.1) is 0 Å². The van der Waals surface area contributed by atoms with Gasteiger partial charge in [0.15, 0.2) is 0 Å². The number of unbranched alkanes of at least 4 members (excludes halogenated alkanes) is 12. The number of phosphoric ester groups is 1. The van der Waals surface area contributed by atoms with Gasteiger partial charge in [-0.3, -0.25) is 9.05 Å². The van der Waals surface area contributed by atoms with Gasteiger partial charge in [0.25, 0.3) is 0 Å². The van der Waals surface area contributed by atoms with Crippen LogP contribution in [0.25, 0.3) is 0 Å². The highest BCUT2D eigenvalue weighted by Crippen LogP contribution is 2.42. The Bertz CT molecular complexity index is 1670. The van der Waals surface area contributed by atoms with Crippen molar-refractivity contribution >= 4 is 7.82 Å². The van der Waals surface area contributed by atoms with Crippen molar-refractivity contribution in [3.8, 4) is 11.5 Å². The molecule has 0 saturated carbocycles. The van der Waals surface area contributed by atoms with Crippen LogP contribution in [0.2, 0.25) is 0 Å². The first kappa shape index (κ1) is 82.6. The summed E-state index contributed by atoms with van der Waals surface area (Å²) in [4.78, 5) is 9.86. The number of rotatable bonds is 74. The number of phosphoric acid groups is 1. The third-order valence-corrected chi connectivity index (χ3v) is 14.2. The Morgan fingerprint density at radius 2 is 0.449 bits per heavy atom. The van der Waals surface area contributed by atoms with Gasteiger partial charge in [0.1, 0.15) is 24.7 Å². The minimum absolute atomic E-state index is 0.0982. The van der Waals surface area contributed by atoms with E-state index in [0.717, 1.165) is 24.3 Å². The first-order valence-electron chi connectivity index (χ1n) is 33.3. The lowest BCUT2D eigenvalue weighted by Crippen LogP contribution is -2.15. The summed E-state index contributed by atoms with van der Waals surface area (Å²) in [6.07, 6.45) is 20.3. The zero-order chi connectivity index (χ0) is 63.4. The van der Waals surface area contributed by atoms with E-state index >= 15 is 0 Å². The van der Waals surface area contributed by atoms with Crippen molar-refractivity contribution in [3.05, 3.63) is 59.7 Å². The Balaban J connectivity index is 1.18. The summed E-state index contributed by atoms with van der Waals surface area (Å²) in [6, 6.07) is 16.6. The average molecular weight is 1300 g/mol. The summed E-state index contributed by atoms with van der Waals surface area (Å²) in [5.74, 6) is 1.92. The third kappa shape index (κ3) is 57.9. The van der Waals surface area contributed by atoms with Gasteiger partial charge < -0.3 is 90.2 Å². The summed E-state index contributed by atoms with van der Waals surface area (Å²) < 4.78 is 122. The molecule has 22 nitrogen and oxygen atoms in total. The molecule has 89 heavy (non-hydrogen) atoms. The number of ether oxygens (including phenoxy) is 18. The molecule has 0 radical (unpaired) electrons. The second kappa shape index (κ2) is 66.9. The van der Waals surface area contributed by atoms with Gasteiger partial charge in [-0.2, -0.15) is 0 Å². The highest BCUT2D eigenvalue weighted by Gasteiger charge is 2.20. The van der Waals surface area contributed by atoms with E-state index < -0.39 is 7.82 Å². The number of benzene rings is 2. The zero-order valence-corrected chi connectivity index (χ0v) is 55.8. The van der Waals surface area contributed by atoms with Crippen LogP contribution in [-0.4, -0.2) is 243 Å². The first-order chi connectivity index (χ1) is 44.1. The minimum atomic E-state index is -4.23. The summed E-state index contributed by atoms with van der Waals surface area (Å²) in [5.41, 5.74) is 2.55. The minimum Gasteiger partial charge on any atom is -0.491 e. The second-order valence-electron chi connectivity index (χ2n) is 20.6. The SMILES string of the molecule is CCCCCCCCCc1ccccc1OCCOCCOCCOCCOCCOCCOCCOCCOCCOP(=O)(O)OCCOCCOCCOCCOCCOCCOCCOCCOCCOc1ccccc1CCCCCCCCC. The van der Waals surface area contributed by atoms with Gasteiger partial charge in [-0.1, -0.05) is 127 Å². The summed E-state index contributed by atoms with van der Waals surface area (Å²) in [7, 11) is -4.23. The Hall–Kier alpha value is -2.49. The smallest absolute Gasteiger partial charge is 0.472 e. The maximum Gasteiger partial charge on any atom is 0.472 e. The standard InChI is InChI=1S/C66H119O22P/c1-3-5-7-9-11-13-15-21-63-23-17-19-25-65(63)85-59-55-81-51-47-77-43-39-73-35-31-69-27-29-71-33-37-75-41-45-79-49-53-83-57-61-87-89(67,68)88-62-58-84-54-50-80-46-42-76-38-34-72-30-28-70-32-36-74-40-44-78-48-52-82-56-60-86-66-26-20-18-24-64(66)22-16-14-12-10-8-6-4-2/h17-20,23-26H,3-16,21-22,27-62H2,1-2H3,(H,67,68). The van der Waals surface area contributed by atoms with Gasteiger partial charge in [0.2, 0.25) is 0 Å². The maximum atomic E-state index is 12.1. The van der Waals surface area contributed by atoms with E-state index in [2.05, 4.69) is 38.1 Å². The molecular formula is C66H119O22P. The predicted octanol–water partition coefficient (Wildman–Crippen LogP) is 10.1. The number of hydrogen-bond acceptors (Lipinski definition) is 21. The normalized spacial score (nSPS) is 11.8. The monoisotopic (exact) mass is 1290 g/mol. The molecule has 0 fully saturated rings. The molecule has 1 N–H and O–H groups in total. The van der Waals surface area contributed by atoms with E-state index in [9.17, 15) is 9.46 Å². The molecule has 0 saturated heterocycles. The van der Waals surface area contributed by atoms with Crippen molar-refractivity contribution in [3.63, 3.8) is 0 Å². The lowest BCUT2D eigenvalue weighted by molar-refractivity contribution is -0.0249. The fourth-order valence-corrected chi connectivity index (χ4v) is 9.10. The Morgan fingerprint density at radius 1 is 0.258 bits per heavy atom. The Morgan fingerprint density at radius 3 is 0.685 bits per heavy atom. The van der Waals surface area contributed by atoms with Gasteiger partial charge in [-0.05, 0) is 48.9 Å². The van der Waals surface area contributed by atoms with Crippen LogP contribution >= 0.6 is 7.82 Å². The van der Waals surface area contributed by atoms with Crippen molar-refractivity contribution in [1.29, 1.82) is 0 Å². The zero-order valence-electron chi connectivity index (χ0n) is 54.9. The van der Waals surface area contributed by atoms with E-state index in [1.54, 1.807) is 0 Å². The van der Waals surface area contributed by atoms with Crippen molar-refractivity contribution in [2.24, 2.45) is 0 Å². The molecule has 0 amide bonds. The quantitative estimate of drug-likeness (QED) is 0.0480. The summed E-state index contributed by atoms with van der Waals surface area (Å²) >= 11 is 0. The van der Waals surface area contributed by atoms with Crippen molar-refractivity contribution < 1.29 is 104 Å². The molecule has 2 aromatic carbocycles. The number of aryl methyl sites for hydroxylation is 2. The lowest BCUT2D eigenvalue weighted by atomic mass is 10.0. The van der Waals surface area contributed by atoms with E-state index in [1.807, 2.05) is 24.3 Å². The molecule has 2 rings (SSSR count). The third-order valence-electron chi connectivity index (χ3n) is 13.2. The predicted molar refractivity (Wildman–Crippen MR) is 342 cm³/mol. The summed E-state index contributed by atoms with van der Waals surface area (Å²) in [5, 5.41) is 0. The molecule has 0 bridgehead atoms. The van der Waals surface area contributed by atoms with Crippen LogP contribution in [0, 0.1) is 0 Å². The molecule has 23 heteroatoms. The van der Waals surface area contributed by atoms with Gasteiger partial charge in [0, 0.05) is 0 Å². The van der Waals surface area contributed by atoms with Crippen LogP contribution in [0.5, 0.6) is 11.5 Å². The molecule has 0 spiro atoms. The molecule has 0 aliphatic heterocycles. The Kier molecular flexibility index (Phi) is 62.1. The number of para-hydroxylation sites is 2. The van der Waals surface area contributed by atoms with Gasteiger partial charge in [0.05, 0.1) is 225 Å². The van der Waals surface area contributed by atoms with E-state index in [-0.39, 0.29) is 26.4 Å². The van der Waals surface area contributed by atoms with Crippen LogP contribution in [0.3, 0.4) is 0 Å². The Labute approximate surface area is 535 Å². The van der Waals surface area contributed by atoms with Crippen molar-refractivity contribution in [2.75, 3.05) is 238 Å². The van der Waals surface area contributed by atoms with E-state index in [1.165, 1.54) is 101 Å². The number of hydrogen-bond donors (Lipinski definition) is 1. The fraction of sp³-hybridized carbons (Fsp3) is 0.818. The second-order valence-corrected chi connectivity index (χ2v) is 22.0. The lowest BCUT2D eigenvalue weighted by Gasteiger charge is -2.12. The van der Waals surface area contributed by atoms with Gasteiger partial charge >= 0.3 is 7.82 Å². The fourth-order valence-electron chi connectivity index (χ4n) is 8.41. The highest BCUT2D eigenvalue weighted by molar-refractivity contribution is 7.47. The molecule has 0 heterocycles. The van der Waals surface area contributed by atoms with Crippen LogP contribution in [0.15, 0.2) is 48.5 Å². The topological polar surface area (TPSA) is 222 Å². The summed E-state index contributed by atoms with van der Waals surface area (Å²) in [6.45, 7) is 18.9. The molecule has 0 unspecified atom stereocenters. The average Bonchev–Trinajstić information content (AvgIpc) is 3.68. The van der Waals surface area contributed by atoms with Crippen LogP contribution in [0.1, 0.15) is 115 Å². The molecule has 0 aliphatic rings. The maximum absolute atomic E-state index is 12.1. The van der Waals surface area contributed by atoms with E-state index in [0.29, 0.717) is 211 Å². The van der Waals surface area contributed by atoms with Crippen LogP contribution < -0.4 is 9.47 Å².